The highest BCUT2D eigenvalue weighted by molar-refractivity contribution is 9.10. The summed E-state index contributed by atoms with van der Waals surface area (Å²) in [5, 5.41) is 0. The van der Waals surface area contributed by atoms with E-state index in [4.69, 9.17) is 4.74 Å². The van der Waals surface area contributed by atoms with E-state index in [0.717, 1.165) is 27.9 Å². The minimum Gasteiger partial charge on any atom is -0.497 e. The van der Waals surface area contributed by atoms with Gasteiger partial charge in [0.1, 0.15) is 11.6 Å². The number of aromatic amines is 1. The molecule has 0 aliphatic rings. The van der Waals surface area contributed by atoms with Gasteiger partial charge >= 0.3 is 0 Å². The monoisotopic (exact) mass is 322 g/mol. The second-order valence-electron chi connectivity index (χ2n) is 4.19. The molecule has 0 saturated heterocycles. The molecule has 1 heterocycles. The molecule has 0 spiro atoms. The van der Waals surface area contributed by atoms with Gasteiger partial charge in [-0.1, -0.05) is 22.9 Å². The molecule has 2 rings (SSSR count). The molecule has 1 aromatic carbocycles. The number of nitrogens with one attached hydrogen (secondary N) is 1. The van der Waals surface area contributed by atoms with E-state index in [1.165, 1.54) is 0 Å². The highest BCUT2D eigenvalue weighted by Crippen LogP contribution is 2.29. The maximum atomic E-state index is 11.9. The highest BCUT2D eigenvalue weighted by atomic mass is 79.9. The van der Waals surface area contributed by atoms with E-state index in [1.807, 2.05) is 25.1 Å². The molecule has 0 fully saturated rings. The molecule has 0 saturated carbocycles. The second-order valence-corrected chi connectivity index (χ2v) is 5.04. The van der Waals surface area contributed by atoms with Gasteiger partial charge in [0.05, 0.1) is 12.8 Å². The Morgan fingerprint density at radius 3 is 2.79 bits per heavy atom. The zero-order valence-electron chi connectivity index (χ0n) is 11.1. The van der Waals surface area contributed by atoms with Crippen LogP contribution in [0, 0.1) is 6.92 Å². The van der Waals surface area contributed by atoms with Crippen molar-refractivity contribution in [2.24, 2.45) is 0 Å². The van der Waals surface area contributed by atoms with Crippen LogP contribution in [0.1, 0.15) is 18.2 Å². The number of hydrogen-bond acceptors (Lipinski definition) is 3. The molecule has 0 amide bonds. The van der Waals surface area contributed by atoms with E-state index < -0.39 is 0 Å². The number of methoxy groups -OCH3 is 1. The number of halogens is 1. The summed E-state index contributed by atoms with van der Waals surface area (Å²) in [7, 11) is 1.61. The predicted molar refractivity (Wildman–Crippen MR) is 78.7 cm³/mol. The molecule has 2 aromatic rings. The molecule has 0 radical (unpaired) electrons. The van der Waals surface area contributed by atoms with Crippen LogP contribution in [0.3, 0.4) is 0 Å². The van der Waals surface area contributed by atoms with Gasteiger partial charge in [-0.3, -0.25) is 4.79 Å². The molecule has 1 aromatic heterocycles. The lowest BCUT2D eigenvalue weighted by Crippen LogP contribution is -2.15. The summed E-state index contributed by atoms with van der Waals surface area (Å²) in [6.45, 7) is 3.77. The molecule has 100 valence electrons. The van der Waals surface area contributed by atoms with E-state index in [-0.39, 0.29) is 5.56 Å². The zero-order chi connectivity index (χ0) is 14.0. The Morgan fingerprint density at radius 1 is 1.42 bits per heavy atom. The van der Waals surface area contributed by atoms with Gasteiger partial charge in [-0.2, -0.15) is 0 Å². The molecule has 0 atom stereocenters. The third-order valence-electron chi connectivity index (χ3n) is 3.02. The van der Waals surface area contributed by atoms with Crippen molar-refractivity contribution in [2.75, 3.05) is 7.11 Å². The molecular weight excluding hydrogens is 308 g/mol. The van der Waals surface area contributed by atoms with Crippen LogP contribution in [0.5, 0.6) is 5.75 Å². The van der Waals surface area contributed by atoms with Crippen molar-refractivity contribution in [3.05, 3.63) is 44.3 Å². The number of aryl methyl sites for hydroxylation is 1. The fourth-order valence-corrected chi connectivity index (χ4v) is 2.30. The van der Waals surface area contributed by atoms with Crippen molar-refractivity contribution < 1.29 is 4.74 Å². The zero-order valence-corrected chi connectivity index (χ0v) is 12.7. The third kappa shape index (κ3) is 2.71. The Kier molecular flexibility index (Phi) is 4.04. The van der Waals surface area contributed by atoms with Crippen LogP contribution in [-0.2, 0) is 6.42 Å². The Labute approximate surface area is 120 Å². The lowest BCUT2D eigenvalue weighted by molar-refractivity contribution is 0.415. The summed E-state index contributed by atoms with van der Waals surface area (Å²) >= 11 is 3.47. The van der Waals surface area contributed by atoms with Gasteiger partial charge in [0, 0.05) is 15.6 Å². The first kappa shape index (κ1) is 13.8. The fourth-order valence-electron chi connectivity index (χ4n) is 1.86. The van der Waals surface area contributed by atoms with E-state index in [2.05, 4.69) is 25.9 Å². The van der Waals surface area contributed by atoms with E-state index >= 15 is 0 Å². The molecular formula is C14H15BrN2O2. The number of H-pyrrole nitrogens is 1. The number of nitrogens with zero attached hydrogens (tertiary/aromatic N) is 1. The smallest absolute Gasteiger partial charge is 0.254 e. The number of benzene rings is 1. The minimum atomic E-state index is -0.100. The molecule has 4 nitrogen and oxygen atoms in total. The molecule has 1 N–H and O–H groups in total. The average molecular weight is 323 g/mol. The van der Waals surface area contributed by atoms with Crippen molar-refractivity contribution in [1.29, 1.82) is 0 Å². The van der Waals surface area contributed by atoms with E-state index in [9.17, 15) is 4.79 Å². The summed E-state index contributed by atoms with van der Waals surface area (Å²) in [5.74, 6) is 1.28. The lowest BCUT2D eigenvalue weighted by Gasteiger charge is -2.09. The van der Waals surface area contributed by atoms with Crippen LogP contribution in [0.2, 0.25) is 0 Å². The number of hydrogen-bond donors (Lipinski definition) is 1. The van der Waals surface area contributed by atoms with Gasteiger partial charge in [0.2, 0.25) is 0 Å². The SMILES string of the molecule is CCc1nc(-c2cc(OC)ccc2Br)[nH]c(=O)c1C. The van der Waals surface area contributed by atoms with Crippen LogP contribution in [0.4, 0.5) is 0 Å². The summed E-state index contributed by atoms with van der Waals surface area (Å²) in [4.78, 5) is 19.2. The van der Waals surface area contributed by atoms with E-state index in [0.29, 0.717) is 11.4 Å². The molecule has 19 heavy (non-hydrogen) atoms. The highest BCUT2D eigenvalue weighted by Gasteiger charge is 2.11. The van der Waals surface area contributed by atoms with Crippen LogP contribution >= 0.6 is 15.9 Å². The molecule has 0 bridgehead atoms. The maximum absolute atomic E-state index is 11.9. The summed E-state index contributed by atoms with van der Waals surface area (Å²) in [5.41, 5.74) is 2.20. The number of ether oxygens (including phenoxy) is 1. The van der Waals surface area contributed by atoms with E-state index in [1.54, 1.807) is 14.0 Å². The van der Waals surface area contributed by atoms with Crippen LogP contribution in [0.15, 0.2) is 27.5 Å². The van der Waals surface area contributed by atoms with Gasteiger partial charge < -0.3 is 9.72 Å². The molecule has 0 aliphatic heterocycles. The molecule has 5 heteroatoms. The first-order valence-corrected chi connectivity index (χ1v) is 6.79. The first-order chi connectivity index (χ1) is 9.06. The minimum absolute atomic E-state index is 0.100. The lowest BCUT2D eigenvalue weighted by atomic mass is 10.1. The van der Waals surface area contributed by atoms with Gasteiger partial charge in [-0.15, -0.1) is 0 Å². The van der Waals surface area contributed by atoms with Gasteiger partial charge in [0.25, 0.3) is 5.56 Å². The molecule has 0 aliphatic carbocycles. The maximum Gasteiger partial charge on any atom is 0.254 e. The predicted octanol–water partition coefficient (Wildman–Crippen LogP) is 3.08. The Morgan fingerprint density at radius 2 is 2.16 bits per heavy atom. The Balaban J connectivity index is 2.65. The topological polar surface area (TPSA) is 55.0 Å². The van der Waals surface area contributed by atoms with Crippen LogP contribution in [-0.4, -0.2) is 17.1 Å². The summed E-state index contributed by atoms with van der Waals surface area (Å²) < 4.78 is 6.06. The van der Waals surface area contributed by atoms with Crippen molar-refractivity contribution in [3.8, 4) is 17.1 Å². The van der Waals surface area contributed by atoms with Gasteiger partial charge in [-0.05, 0) is 31.5 Å². The average Bonchev–Trinajstić information content (AvgIpc) is 2.42. The second kappa shape index (κ2) is 5.57. The quantitative estimate of drug-likeness (QED) is 0.944. The molecule has 0 unspecified atom stereocenters. The van der Waals surface area contributed by atoms with Crippen molar-refractivity contribution in [3.63, 3.8) is 0 Å². The fraction of sp³-hybridized carbons (Fsp3) is 0.286. The third-order valence-corrected chi connectivity index (χ3v) is 3.71. The van der Waals surface area contributed by atoms with Crippen LogP contribution < -0.4 is 10.3 Å². The Hall–Kier alpha value is -1.62. The number of rotatable bonds is 3. The van der Waals surface area contributed by atoms with Gasteiger partial charge in [-0.25, -0.2) is 4.98 Å². The summed E-state index contributed by atoms with van der Waals surface area (Å²) in [6, 6.07) is 5.57. The number of aromatic nitrogens is 2. The normalized spacial score (nSPS) is 10.5. The van der Waals surface area contributed by atoms with Gasteiger partial charge in [0.15, 0.2) is 0 Å². The standard InChI is InChI=1S/C14H15BrN2O2/c1-4-12-8(2)14(18)17-13(16-12)10-7-9(19-3)5-6-11(10)15/h5-7H,4H2,1-3H3,(H,16,17,18). The van der Waals surface area contributed by atoms with Crippen LogP contribution in [0.25, 0.3) is 11.4 Å². The first-order valence-electron chi connectivity index (χ1n) is 6.00. The Bertz CT molecular complexity index is 665. The van der Waals surface area contributed by atoms with Crippen molar-refractivity contribution >= 4 is 15.9 Å². The largest absolute Gasteiger partial charge is 0.497 e. The van der Waals surface area contributed by atoms with Crippen molar-refractivity contribution in [1.82, 2.24) is 9.97 Å². The summed E-state index contributed by atoms with van der Waals surface area (Å²) in [6.07, 6.45) is 0.727. The van der Waals surface area contributed by atoms with Crippen molar-refractivity contribution in [2.45, 2.75) is 20.3 Å².